The van der Waals surface area contributed by atoms with Gasteiger partial charge >= 0.3 is 0 Å². The Morgan fingerprint density at radius 2 is 1.85 bits per heavy atom. The molecule has 0 bridgehead atoms. The van der Waals surface area contributed by atoms with Crippen LogP contribution in [0.15, 0.2) is 0 Å². The number of nitrogens with one attached hydrogen (secondary N) is 1. The zero-order valence-corrected chi connectivity index (χ0v) is 9.10. The lowest BCUT2D eigenvalue weighted by Gasteiger charge is -2.34. The molecule has 0 aromatic rings. The summed E-state index contributed by atoms with van der Waals surface area (Å²) < 4.78 is 0. The summed E-state index contributed by atoms with van der Waals surface area (Å²) in [6.07, 6.45) is 7.41. The third kappa shape index (κ3) is 1.90. The second-order valence-corrected chi connectivity index (χ2v) is 5.50. The zero-order valence-electron chi connectivity index (χ0n) is 9.10. The first kappa shape index (κ1) is 9.51. The van der Waals surface area contributed by atoms with E-state index in [-0.39, 0.29) is 0 Å². The van der Waals surface area contributed by atoms with Crippen LogP contribution in [0.25, 0.3) is 0 Å². The molecule has 1 heterocycles. The molecule has 2 aliphatic rings. The molecule has 1 nitrogen and oxygen atoms in total. The minimum atomic E-state index is 0.764. The fourth-order valence-electron chi connectivity index (χ4n) is 3.23. The minimum Gasteiger partial charge on any atom is -0.317 e. The molecule has 1 atom stereocenters. The summed E-state index contributed by atoms with van der Waals surface area (Å²) in [5.74, 6) is 1.94. The Kier molecular flexibility index (Phi) is 2.64. The Bertz CT molecular complexity index is 168. The summed E-state index contributed by atoms with van der Waals surface area (Å²) in [7, 11) is 0. The SMILES string of the molecule is CC(C)C1CCC2(CCNCC2)C1. The van der Waals surface area contributed by atoms with Crippen LogP contribution < -0.4 is 5.32 Å². The number of hydrogen-bond donors (Lipinski definition) is 1. The number of rotatable bonds is 1. The van der Waals surface area contributed by atoms with Crippen LogP contribution in [0.4, 0.5) is 0 Å². The molecule has 1 aliphatic carbocycles. The lowest BCUT2D eigenvalue weighted by atomic mass is 9.76. The third-order valence-corrected chi connectivity index (χ3v) is 4.35. The fraction of sp³-hybridized carbons (Fsp3) is 1.00. The molecule has 0 amide bonds. The van der Waals surface area contributed by atoms with Crippen LogP contribution >= 0.6 is 0 Å². The van der Waals surface area contributed by atoms with Crippen LogP contribution in [0.2, 0.25) is 0 Å². The highest BCUT2D eigenvalue weighted by atomic mass is 14.9. The summed E-state index contributed by atoms with van der Waals surface area (Å²) in [5.41, 5.74) is 0.764. The van der Waals surface area contributed by atoms with Crippen LogP contribution in [0, 0.1) is 17.3 Å². The van der Waals surface area contributed by atoms with Gasteiger partial charge in [0.2, 0.25) is 0 Å². The first-order valence-electron chi connectivity index (χ1n) is 5.93. The molecule has 13 heavy (non-hydrogen) atoms. The Balaban J connectivity index is 1.94. The smallest absolute Gasteiger partial charge is 0.00436 e. The highest BCUT2D eigenvalue weighted by Crippen LogP contribution is 2.49. The average molecular weight is 181 g/mol. The molecular weight excluding hydrogens is 158 g/mol. The number of piperidine rings is 1. The second-order valence-electron chi connectivity index (χ2n) is 5.50. The van der Waals surface area contributed by atoms with Crippen molar-refractivity contribution >= 4 is 0 Å². The summed E-state index contributed by atoms with van der Waals surface area (Å²) in [6, 6.07) is 0. The van der Waals surface area contributed by atoms with E-state index < -0.39 is 0 Å². The highest BCUT2D eigenvalue weighted by molar-refractivity contribution is 4.92. The highest BCUT2D eigenvalue weighted by Gasteiger charge is 2.40. The van der Waals surface area contributed by atoms with E-state index in [1.165, 1.54) is 45.2 Å². The van der Waals surface area contributed by atoms with E-state index in [4.69, 9.17) is 0 Å². The van der Waals surface area contributed by atoms with Crippen molar-refractivity contribution < 1.29 is 0 Å². The predicted octanol–water partition coefficient (Wildman–Crippen LogP) is 2.81. The van der Waals surface area contributed by atoms with Gasteiger partial charge in [0.1, 0.15) is 0 Å². The molecule has 1 heteroatoms. The van der Waals surface area contributed by atoms with Gasteiger partial charge in [0.15, 0.2) is 0 Å². The fourth-order valence-corrected chi connectivity index (χ4v) is 3.23. The van der Waals surface area contributed by atoms with E-state index in [9.17, 15) is 0 Å². The molecule has 1 saturated heterocycles. The maximum Gasteiger partial charge on any atom is -0.00436 e. The Morgan fingerprint density at radius 1 is 1.15 bits per heavy atom. The van der Waals surface area contributed by atoms with Gasteiger partial charge in [-0.1, -0.05) is 13.8 Å². The summed E-state index contributed by atoms with van der Waals surface area (Å²) in [4.78, 5) is 0. The van der Waals surface area contributed by atoms with Gasteiger partial charge in [-0.15, -0.1) is 0 Å². The van der Waals surface area contributed by atoms with Crippen molar-refractivity contribution in [2.24, 2.45) is 17.3 Å². The standard InChI is InChI=1S/C12H23N/c1-10(2)11-3-4-12(9-11)5-7-13-8-6-12/h10-11,13H,3-9H2,1-2H3. The topological polar surface area (TPSA) is 12.0 Å². The molecule has 1 saturated carbocycles. The molecule has 0 aromatic carbocycles. The van der Waals surface area contributed by atoms with Gasteiger partial charge in [-0.2, -0.15) is 0 Å². The minimum absolute atomic E-state index is 0.764. The van der Waals surface area contributed by atoms with Gasteiger partial charge in [0.25, 0.3) is 0 Å². The first-order valence-corrected chi connectivity index (χ1v) is 5.93. The van der Waals surface area contributed by atoms with Crippen molar-refractivity contribution in [2.75, 3.05) is 13.1 Å². The van der Waals surface area contributed by atoms with E-state index in [0.717, 1.165) is 17.3 Å². The van der Waals surface area contributed by atoms with Crippen molar-refractivity contribution in [3.05, 3.63) is 0 Å². The average Bonchev–Trinajstić information content (AvgIpc) is 2.51. The molecule has 2 fully saturated rings. The lowest BCUT2D eigenvalue weighted by Crippen LogP contribution is -2.35. The van der Waals surface area contributed by atoms with Gasteiger partial charge in [0, 0.05) is 0 Å². The Morgan fingerprint density at radius 3 is 2.38 bits per heavy atom. The van der Waals surface area contributed by atoms with Crippen molar-refractivity contribution in [1.82, 2.24) is 5.32 Å². The van der Waals surface area contributed by atoms with Gasteiger partial charge in [-0.25, -0.2) is 0 Å². The van der Waals surface area contributed by atoms with E-state index in [1.807, 2.05) is 0 Å². The number of hydrogen-bond acceptors (Lipinski definition) is 1. The maximum atomic E-state index is 3.48. The molecular formula is C12H23N. The van der Waals surface area contributed by atoms with Gasteiger partial charge in [-0.05, 0) is 62.4 Å². The van der Waals surface area contributed by atoms with Gasteiger partial charge in [0.05, 0.1) is 0 Å². The molecule has 1 unspecified atom stereocenters. The van der Waals surface area contributed by atoms with E-state index in [0.29, 0.717) is 0 Å². The zero-order chi connectivity index (χ0) is 9.31. The van der Waals surface area contributed by atoms with Crippen LogP contribution in [-0.4, -0.2) is 13.1 Å². The molecule has 0 radical (unpaired) electrons. The Labute approximate surface area is 82.3 Å². The first-order chi connectivity index (χ1) is 6.22. The van der Waals surface area contributed by atoms with Crippen LogP contribution in [0.1, 0.15) is 46.0 Å². The molecule has 76 valence electrons. The third-order valence-electron chi connectivity index (χ3n) is 4.35. The second kappa shape index (κ2) is 3.61. The van der Waals surface area contributed by atoms with E-state index in [2.05, 4.69) is 19.2 Å². The van der Waals surface area contributed by atoms with Gasteiger partial charge < -0.3 is 5.32 Å². The quantitative estimate of drug-likeness (QED) is 0.656. The van der Waals surface area contributed by atoms with Gasteiger partial charge in [-0.3, -0.25) is 0 Å². The molecule has 1 N–H and O–H groups in total. The van der Waals surface area contributed by atoms with Crippen LogP contribution in [0.5, 0.6) is 0 Å². The molecule has 0 aromatic heterocycles. The van der Waals surface area contributed by atoms with Crippen molar-refractivity contribution in [3.63, 3.8) is 0 Å². The summed E-state index contributed by atoms with van der Waals surface area (Å²) in [5, 5.41) is 3.48. The summed E-state index contributed by atoms with van der Waals surface area (Å²) >= 11 is 0. The largest absolute Gasteiger partial charge is 0.317 e. The van der Waals surface area contributed by atoms with Crippen molar-refractivity contribution in [1.29, 1.82) is 0 Å². The van der Waals surface area contributed by atoms with Crippen LogP contribution in [-0.2, 0) is 0 Å². The Hall–Kier alpha value is -0.0400. The normalized spacial score (nSPS) is 33.0. The molecule has 2 rings (SSSR count). The van der Waals surface area contributed by atoms with Crippen LogP contribution in [0.3, 0.4) is 0 Å². The predicted molar refractivity (Wildman–Crippen MR) is 56.7 cm³/mol. The van der Waals surface area contributed by atoms with Crippen molar-refractivity contribution in [3.8, 4) is 0 Å². The van der Waals surface area contributed by atoms with E-state index >= 15 is 0 Å². The lowest BCUT2D eigenvalue weighted by molar-refractivity contribution is 0.194. The summed E-state index contributed by atoms with van der Waals surface area (Å²) in [6.45, 7) is 7.32. The van der Waals surface area contributed by atoms with E-state index in [1.54, 1.807) is 0 Å². The van der Waals surface area contributed by atoms with Crippen molar-refractivity contribution in [2.45, 2.75) is 46.0 Å². The molecule has 1 aliphatic heterocycles. The monoisotopic (exact) mass is 181 g/mol. The maximum absolute atomic E-state index is 3.48. The molecule has 1 spiro atoms.